The molecular formula is C11H8N6. The Labute approximate surface area is 96.8 Å². The van der Waals surface area contributed by atoms with Gasteiger partial charge in [0.05, 0.1) is 17.2 Å². The van der Waals surface area contributed by atoms with E-state index < -0.39 is 0 Å². The average Bonchev–Trinajstić information content (AvgIpc) is 2.40. The summed E-state index contributed by atoms with van der Waals surface area (Å²) in [5.41, 5.74) is 1.68. The van der Waals surface area contributed by atoms with E-state index in [-0.39, 0.29) is 0 Å². The minimum atomic E-state index is 0.449. The summed E-state index contributed by atoms with van der Waals surface area (Å²) in [7, 11) is 0. The number of benzene rings is 1. The number of para-hydroxylation sites is 2. The van der Waals surface area contributed by atoms with E-state index in [4.69, 9.17) is 0 Å². The summed E-state index contributed by atoms with van der Waals surface area (Å²) in [4.78, 5) is 20.3. The van der Waals surface area contributed by atoms with Gasteiger partial charge in [0.2, 0.25) is 5.95 Å². The number of rotatable bonds is 2. The molecule has 17 heavy (non-hydrogen) atoms. The topological polar surface area (TPSA) is 76.5 Å². The molecule has 2 heterocycles. The highest BCUT2D eigenvalue weighted by molar-refractivity contribution is 5.75. The number of anilines is 2. The summed E-state index contributed by atoms with van der Waals surface area (Å²) < 4.78 is 0. The van der Waals surface area contributed by atoms with Gasteiger partial charge < -0.3 is 5.32 Å². The average molecular weight is 224 g/mol. The van der Waals surface area contributed by atoms with E-state index in [1.165, 1.54) is 12.7 Å². The van der Waals surface area contributed by atoms with Crippen molar-refractivity contribution >= 4 is 22.8 Å². The Morgan fingerprint density at radius 1 is 0.882 bits per heavy atom. The summed E-state index contributed by atoms with van der Waals surface area (Å²) in [6.07, 6.45) is 4.49. The SMILES string of the molecule is c1ccc2nc(Nc3ncncn3)cnc2c1. The molecule has 0 aliphatic rings. The van der Waals surface area contributed by atoms with Gasteiger partial charge >= 0.3 is 0 Å². The second kappa shape index (κ2) is 4.09. The van der Waals surface area contributed by atoms with Crippen LogP contribution in [0.15, 0.2) is 43.1 Å². The van der Waals surface area contributed by atoms with Gasteiger partial charge in [-0.05, 0) is 12.1 Å². The molecule has 0 spiro atoms. The molecule has 2 aromatic heterocycles. The zero-order chi connectivity index (χ0) is 11.5. The van der Waals surface area contributed by atoms with Gasteiger partial charge in [0.25, 0.3) is 0 Å². The first kappa shape index (κ1) is 9.59. The molecule has 0 atom stereocenters. The van der Waals surface area contributed by atoms with Crippen LogP contribution in [0.1, 0.15) is 0 Å². The number of aromatic nitrogens is 5. The molecule has 1 aromatic carbocycles. The van der Waals surface area contributed by atoms with Crippen molar-refractivity contribution in [2.45, 2.75) is 0 Å². The fourth-order valence-electron chi connectivity index (χ4n) is 1.44. The van der Waals surface area contributed by atoms with Gasteiger partial charge in [-0.15, -0.1) is 0 Å². The van der Waals surface area contributed by atoms with Gasteiger partial charge in [-0.3, -0.25) is 4.98 Å². The van der Waals surface area contributed by atoms with E-state index in [0.717, 1.165) is 11.0 Å². The van der Waals surface area contributed by atoms with E-state index in [0.29, 0.717) is 11.8 Å². The second-order valence-corrected chi connectivity index (χ2v) is 3.33. The van der Waals surface area contributed by atoms with Crippen LogP contribution in [0.4, 0.5) is 11.8 Å². The highest BCUT2D eigenvalue weighted by Gasteiger charge is 2.00. The van der Waals surface area contributed by atoms with Gasteiger partial charge in [0.1, 0.15) is 12.7 Å². The van der Waals surface area contributed by atoms with Crippen molar-refractivity contribution in [3.8, 4) is 0 Å². The fourth-order valence-corrected chi connectivity index (χ4v) is 1.44. The lowest BCUT2D eigenvalue weighted by Crippen LogP contribution is -1.99. The van der Waals surface area contributed by atoms with Crippen LogP contribution < -0.4 is 5.32 Å². The molecule has 0 radical (unpaired) electrons. The van der Waals surface area contributed by atoms with E-state index in [2.05, 4.69) is 30.2 Å². The first-order chi connectivity index (χ1) is 8.42. The van der Waals surface area contributed by atoms with Crippen LogP contribution in [0.3, 0.4) is 0 Å². The molecule has 3 rings (SSSR count). The molecule has 0 aliphatic heterocycles. The van der Waals surface area contributed by atoms with Gasteiger partial charge in [0, 0.05) is 0 Å². The van der Waals surface area contributed by atoms with Crippen molar-refractivity contribution in [3.05, 3.63) is 43.1 Å². The Morgan fingerprint density at radius 3 is 2.47 bits per heavy atom. The molecule has 6 heteroatoms. The number of nitrogens with zero attached hydrogens (tertiary/aromatic N) is 5. The standard InChI is InChI=1S/C11H8N6/c1-2-4-9-8(3-1)13-5-10(16-9)17-11-14-6-12-7-15-11/h1-7H,(H,12,14,15,16,17). The summed E-state index contributed by atoms with van der Waals surface area (Å²) in [6, 6.07) is 7.66. The zero-order valence-electron chi connectivity index (χ0n) is 8.78. The van der Waals surface area contributed by atoms with Gasteiger partial charge in [0.15, 0.2) is 5.82 Å². The summed E-state index contributed by atoms with van der Waals surface area (Å²) in [6.45, 7) is 0. The maximum Gasteiger partial charge on any atom is 0.231 e. The molecule has 0 saturated carbocycles. The highest BCUT2D eigenvalue weighted by Crippen LogP contribution is 2.13. The molecule has 3 aromatic rings. The van der Waals surface area contributed by atoms with Crippen molar-refractivity contribution in [1.82, 2.24) is 24.9 Å². The molecule has 0 unspecified atom stereocenters. The summed E-state index contributed by atoms with van der Waals surface area (Å²) in [5.74, 6) is 1.06. The van der Waals surface area contributed by atoms with Crippen LogP contribution in [0.5, 0.6) is 0 Å². The van der Waals surface area contributed by atoms with Crippen molar-refractivity contribution in [1.29, 1.82) is 0 Å². The lowest BCUT2D eigenvalue weighted by atomic mass is 10.3. The number of nitrogens with one attached hydrogen (secondary N) is 1. The van der Waals surface area contributed by atoms with E-state index in [1.807, 2.05) is 24.3 Å². The molecule has 0 saturated heterocycles. The molecule has 1 N–H and O–H groups in total. The van der Waals surface area contributed by atoms with Gasteiger partial charge in [-0.2, -0.15) is 0 Å². The predicted molar refractivity (Wildman–Crippen MR) is 62.6 cm³/mol. The molecular weight excluding hydrogens is 216 g/mol. The van der Waals surface area contributed by atoms with Crippen molar-refractivity contribution in [3.63, 3.8) is 0 Å². The van der Waals surface area contributed by atoms with Crippen LogP contribution in [-0.4, -0.2) is 24.9 Å². The Hall–Kier alpha value is -2.63. The van der Waals surface area contributed by atoms with Crippen LogP contribution >= 0.6 is 0 Å². The summed E-state index contributed by atoms with van der Waals surface area (Å²) >= 11 is 0. The largest absolute Gasteiger partial charge is 0.307 e. The van der Waals surface area contributed by atoms with Crippen LogP contribution in [0.2, 0.25) is 0 Å². The highest BCUT2D eigenvalue weighted by atomic mass is 15.2. The molecule has 0 bridgehead atoms. The Morgan fingerprint density at radius 2 is 1.65 bits per heavy atom. The lowest BCUT2D eigenvalue weighted by molar-refractivity contribution is 1.05. The van der Waals surface area contributed by atoms with Crippen LogP contribution in [0, 0.1) is 0 Å². The molecule has 0 fully saturated rings. The smallest absolute Gasteiger partial charge is 0.231 e. The monoisotopic (exact) mass is 224 g/mol. The molecule has 0 amide bonds. The van der Waals surface area contributed by atoms with Gasteiger partial charge in [-0.25, -0.2) is 19.9 Å². The maximum absolute atomic E-state index is 4.40. The Kier molecular flexibility index (Phi) is 2.31. The molecule has 6 nitrogen and oxygen atoms in total. The third kappa shape index (κ3) is 2.00. The third-order valence-electron chi connectivity index (χ3n) is 2.18. The normalized spacial score (nSPS) is 10.4. The first-order valence-corrected chi connectivity index (χ1v) is 5.03. The number of hydrogen-bond acceptors (Lipinski definition) is 6. The van der Waals surface area contributed by atoms with Crippen LogP contribution in [-0.2, 0) is 0 Å². The Balaban J connectivity index is 1.96. The first-order valence-electron chi connectivity index (χ1n) is 5.03. The quantitative estimate of drug-likeness (QED) is 0.711. The van der Waals surface area contributed by atoms with E-state index >= 15 is 0 Å². The zero-order valence-corrected chi connectivity index (χ0v) is 8.78. The predicted octanol–water partition coefficient (Wildman–Crippen LogP) is 1.56. The van der Waals surface area contributed by atoms with Gasteiger partial charge in [-0.1, -0.05) is 12.1 Å². The molecule has 82 valence electrons. The minimum absolute atomic E-state index is 0.449. The minimum Gasteiger partial charge on any atom is -0.307 e. The molecule has 0 aliphatic carbocycles. The third-order valence-corrected chi connectivity index (χ3v) is 2.18. The van der Waals surface area contributed by atoms with E-state index in [9.17, 15) is 0 Å². The Bertz CT molecular complexity index is 640. The number of hydrogen-bond donors (Lipinski definition) is 1. The lowest BCUT2D eigenvalue weighted by Gasteiger charge is -2.03. The summed E-state index contributed by atoms with van der Waals surface area (Å²) in [5, 5.41) is 2.96. The number of fused-ring (bicyclic) bond motifs is 1. The maximum atomic E-state index is 4.40. The van der Waals surface area contributed by atoms with Crippen molar-refractivity contribution < 1.29 is 0 Å². The van der Waals surface area contributed by atoms with Crippen molar-refractivity contribution in [2.75, 3.05) is 5.32 Å². The van der Waals surface area contributed by atoms with Crippen LogP contribution in [0.25, 0.3) is 11.0 Å². The van der Waals surface area contributed by atoms with Crippen molar-refractivity contribution in [2.24, 2.45) is 0 Å². The van der Waals surface area contributed by atoms with E-state index in [1.54, 1.807) is 6.20 Å². The second-order valence-electron chi connectivity index (χ2n) is 3.33. The fraction of sp³-hybridized carbons (Fsp3) is 0.